The van der Waals surface area contributed by atoms with E-state index in [0.29, 0.717) is 6.07 Å². The van der Waals surface area contributed by atoms with E-state index in [2.05, 4.69) is 0 Å². The lowest BCUT2D eigenvalue weighted by molar-refractivity contribution is 0.141. The molecule has 0 spiro atoms. The molecule has 4 nitrogen and oxygen atoms in total. The number of halogens is 2. The summed E-state index contributed by atoms with van der Waals surface area (Å²) in [6.07, 6.45) is -2.97. The van der Waals surface area contributed by atoms with Crippen LogP contribution in [0.3, 0.4) is 0 Å². The van der Waals surface area contributed by atoms with Crippen molar-refractivity contribution in [2.24, 2.45) is 0 Å². The smallest absolute Gasteiger partial charge is 0.290 e. The first-order valence-electron chi connectivity index (χ1n) is 2.95. The number of H-pyrrole nitrogens is 1. The van der Waals surface area contributed by atoms with Crippen LogP contribution in [0.25, 0.3) is 0 Å². The lowest BCUT2D eigenvalue weighted by Gasteiger charge is -2.01. The molecule has 0 saturated carbocycles. The van der Waals surface area contributed by atoms with E-state index in [9.17, 15) is 13.6 Å². The van der Waals surface area contributed by atoms with Gasteiger partial charge in [0.2, 0.25) is 0 Å². The summed E-state index contributed by atoms with van der Waals surface area (Å²) in [5.41, 5.74) is -1.94. The fourth-order valence-electron chi connectivity index (χ4n) is 0.690. The number of rotatable bonds is 1. The molecule has 66 valence electrons. The molecule has 0 aromatic carbocycles. The molecule has 12 heavy (non-hydrogen) atoms. The maximum absolute atomic E-state index is 11.9. The van der Waals surface area contributed by atoms with E-state index in [0.717, 1.165) is 0 Å². The van der Waals surface area contributed by atoms with Gasteiger partial charge in [0.25, 0.3) is 12.0 Å². The largest absolute Gasteiger partial charge is 0.506 e. The van der Waals surface area contributed by atoms with Crippen LogP contribution in [0.15, 0.2) is 10.9 Å². The van der Waals surface area contributed by atoms with E-state index in [4.69, 9.17) is 10.2 Å². The Morgan fingerprint density at radius 1 is 1.33 bits per heavy atom. The second kappa shape index (κ2) is 2.80. The number of hydrogen-bond donors (Lipinski definition) is 3. The molecule has 1 aromatic rings. The van der Waals surface area contributed by atoms with Gasteiger partial charge in [0.1, 0.15) is 11.4 Å². The Balaban J connectivity index is 3.33. The van der Waals surface area contributed by atoms with Crippen molar-refractivity contribution in [3.05, 3.63) is 22.1 Å². The van der Waals surface area contributed by atoms with Gasteiger partial charge in [-0.25, -0.2) is 8.78 Å². The molecule has 3 N–H and O–H groups in total. The van der Waals surface area contributed by atoms with Gasteiger partial charge in [0, 0.05) is 6.07 Å². The Labute approximate surface area is 65.1 Å². The van der Waals surface area contributed by atoms with Gasteiger partial charge < -0.3 is 15.2 Å². The molecule has 0 amide bonds. The predicted octanol–water partition coefficient (Wildman–Crippen LogP) is 0.724. The molecule has 0 unspecified atom stereocenters. The Morgan fingerprint density at radius 3 is 2.42 bits per heavy atom. The van der Waals surface area contributed by atoms with Gasteiger partial charge in [-0.3, -0.25) is 4.79 Å². The Bertz CT molecular complexity index is 347. The number of pyridine rings is 1. The molecule has 0 aliphatic carbocycles. The summed E-state index contributed by atoms with van der Waals surface area (Å²) in [5, 5.41) is 17.4. The minimum Gasteiger partial charge on any atom is -0.506 e. The van der Waals surface area contributed by atoms with Crippen molar-refractivity contribution in [3.8, 4) is 11.5 Å². The van der Waals surface area contributed by atoms with Gasteiger partial charge in [0.15, 0.2) is 5.75 Å². The third kappa shape index (κ3) is 1.36. The SMILES string of the molecule is O=c1[nH]c(C(F)F)c(O)cc1O. The van der Waals surface area contributed by atoms with Crippen molar-refractivity contribution in [3.63, 3.8) is 0 Å². The molecule has 0 bridgehead atoms. The predicted molar refractivity (Wildman–Crippen MR) is 35.3 cm³/mol. The summed E-state index contributed by atoms with van der Waals surface area (Å²) in [7, 11) is 0. The Hall–Kier alpha value is -1.59. The molecule has 0 saturated heterocycles. The van der Waals surface area contributed by atoms with Crippen molar-refractivity contribution in [2.75, 3.05) is 0 Å². The molecule has 0 atom stereocenters. The molecule has 6 heteroatoms. The maximum Gasteiger partial charge on any atom is 0.290 e. The van der Waals surface area contributed by atoms with Gasteiger partial charge in [0.05, 0.1) is 0 Å². The van der Waals surface area contributed by atoms with Crippen LogP contribution in [0.1, 0.15) is 12.1 Å². The van der Waals surface area contributed by atoms with Crippen LogP contribution in [0.5, 0.6) is 11.5 Å². The maximum atomic E-state index is 11.9. The minimum atomic E-state index is -2.97. The Kier molecular flexibility index (Phi) is 1.99. The quantitative estimate of drug-likeness (QED) is 0.591. The van der Waals surface area contributed by atoms with Crippen molar-refractivity contribution in [1.29, 1.82) is 0 Å². The Morgan fingerprint density at radius 2 is 1.92 bits per heavy atom. The molecule has 0 fully saturated rings. The first kappa shape index (κ1) is 8.51. The lowest BCUT2D eigenvalue weighted by Crippen LogP contribution is -2.08. The van der Waals surface area contributed by atoms with Crippen molar-refractivity contribution < 1.29 is 19.0 Å². The van der Waals surface area contributed by atoms with E-state index >= 15 is 0 Å². The van der Waals surface area contributed by atoms with Gasteiger partial charge >= 0.3 is 0 Å². The van der Waals surface area contributed by atoms with E-state index in [1.807, 2.05) is 0 Å². The molecule has 0 aliphatic rings. The minimum absolute atomic E-state index is 0.570. The summed E-state index contributed by atoms with van der Waals surface area (Å²) < 4.78 is 23.9. The van der Waals surface area contributed by atoms with E-state index in [1.54, 1.807) is 4.98 Å². The third-order valence-corrected chi connectivity index (χ3v) is 1.25. The van der Waals surface area contributed by atoms with Crippen LogP contribution < -0.4 is 5.56 Å². The number of aromatic hydroxyl groups is 2. The summed E-state index contributed by atoms with van der Waals surface area (Å²) >= 11 is 0. The van der Waals surface area contributed by atoms with Crippen molar-refractivity contribution in [1.82, 2.24) is 4.98 Å². The van der Waals surface area contributed by atoms with Gasteiger partial charge in [-0.05, 0) is 0 Å². The standard InChI is InChI=1S/C6H5F2NO3/c7-5(8)4-2(10)1-3(11)6(12)9-4/h1,5,10-11H,(H,9,12). The zero-order chi connectivity index (χ0) is 9.30. The number of aromatic amines is 1. The topological polar surface area (TPSA) is 73.3 Å². The number of aromatic nitrogens is 1. The normalized spacial score (nSPS) is 10.6. The first-order chi connectivity index (χ1) is 5.52. The molecule has 0 aliphatic heterocycles. The summed E-state index contributed by atoms with van der Waals surface area (Å²) in [6, 6.07) is 0.570. The number of nitrogens with one attached hydrogen (secondary N) is 1. The van der Waals surface area contributed by atoms with Crippen molar-refractivity contribution in [2.45, 2.75) is 6.43 Å². The van der Waals surface area contributed by atoms with E-state index in [-0.39, 0.29) is 0 Å². The van der Waals surface area contributed by atoms with E-state index < -0.39 is 29.2 Å². The second-order valence-electron chi connectivity index (χ2n) is 2.08. The molecule has 1 aromatic heterocycles. The van der Waals surface area contributed by atoms with Crippen molar-refractivity contribution >= 4 is 0 Å². The summed E-state index contributed by atoms with van der Waals surface area (Å²) in [6.45, 7) is 0. The van der Waals surface area contributed by atoms with Crippen LogP contribution in [-0.2, 0) is 0 Å². The fraction of sp³-hybridized carbons (Fsp3) is 0.167. The summed E-state index contributed by atoms with van der Waals surface area (Å²) in [4.78, 5) is 12.2. The lowest BCUT2D eigenvalue weighted by atomic mass is 10.3. The van der Waals surface area contributed by atoms with Crippen LogP contribution in [-0.4, -0.2) is 15.2 Å². The third-order valence-electron chi connectivity index (χ3n) is 1.25. The second-order valence-corrected chi connectivity index (χ2v) is 2.08. The van der Waals surface area contributed by atoms with Crippen LogP contribution in [0.4, 0.5) is 8.78 Å². The van der Waals surface area contributed by atoms with Gasteiger partial charge in [-0.15, -0.1) is 0 Å². The molecular weight excluding hydrogens is 172 g/mol. The highest BCUT2D eigenvalue weighted by atomic mass is 19.3. The highest BCUT2D eigenvalue weighted by Gasteiger charge is 2.15. The average molecular weight is 177 g/mol. The molecule has 0 radical (unpaired) electrons. The van der Waals surface area contributed by atoms with Gasteiger partial charge in [-0.1, -0.05) is 0 Å². The van der Waals surface area contributed by atoms with Gasteiger partial charge in [-0.2, -0.15) is 0 Å². The highest BCUT2D eigenvalue weighted by Crippen LogP contribution is 2.25. The number of alkyl halides is 2. The highest BCUT2D eigenvalue weighted by molar-refractivity contribution is 5.33. The zero-order valence-corrected chi connectivity index (χ0v) is 5.71. The van der Waals surface area contributed by atoms with Crippen LogP contribution in [0, 0.1) is 0 Å². The summed E-state index contributed by atoms with van der Waals surface area (Å²) in [5.74, 6) is -1.63. The van der Waals surface area contributed by atoms with Crippen LogP contribution in [0.2, 0.25) is 0 Å². The monoisotopic (exact) mass is 177 g/mol. The number of hydrogen-bond acceptors (Lipinski definition) is 3. The fourth-order valence-corrected chi connectivity index (χ4v) is 0.690. The van der Waals surface area contributed by atoms with E-state index in [1.165, 1.54) is 0 Å². The molecule has 1 rings (SSSR count). The first-order valence-corrected chi connectivity index (χ1v) is 2.95. The molecule has 1 heterocycles. The molecular formula is C6H5F2NO3. The van der Waals surface area contributed by atoms with Crippen LogP contribution >= 0.6 is 0 Å². The average Bonchev–Trinajstić information content (AvgIpc) is 1.96. The zero-order valence-electron chi connectivity index (χ0n) is 5.71.